The second-order valence-electron chi connectivity index (χ2n) is 8.26. The largest absolute Gasteiger partial charge is 0.497 e. The first-order chi connectivity index (χ1) is 18.4. The smallest absolute Gasteiger partial charge is 0.278 e. The minimum atomic E-state index is -0.390. The van der Waals surface area contributed by atoms with Crippen LogP contribution in [0.1, 0.15) is 16.8 Å². The number of hydrogen-bond acceptors (Lipinski definition) is 7. The van der Waals surface area contributed by atoms with Gasteiger partial charge in [-0.25, -0.2) is 0 Å². The molecule has 0 saturated heterocycles. The second-order valence-corrected chi connectivity index (χ2v) is 10.3. The Balaban J connectivity index is 1.57. The number of nitrogens with one attached hydrogen (secondary N) is 2. The highest BCUT2D eigenvalue weighted by atomic mass is 79.9. The molecular formula is C28H26BrN3O5S. The predicted molar refractivity (Wildman–Crippen MR) is 151 cm³/mol. The lowest BCUT2D eigenvalue weighted by Crippen LogP contribution is -2.33. The van der Waals surface area contributed by atoms with Crippen LogP contribution in [-0.4, -0.2) is 50.0 Å². The van der Waals surface area contributed by atoms with Crippen molar-refractivity contribution in [2.75, 3.05) is 38.0 Å². The van der Waals surface area contributed by atoms with E-state index in [1.165, 1.54) is 16.7 Å². The van der Waals surface area contributed by atoms with E-state index in [0.717, 1.165) is 4.47 Å². The van der Waals surface area contributed by atoms with Gasteiger partial charge in [0.15, 0.2) is 0 Å². The van der Waals surface area contributed by atoms with Crippen LogP contribution in [0, 0.1) is 0 Å². The van der Waals surface area contributed by atoms with E-state index in [4.69, 9.17) is 9.47 Å². The molecule has 0 fully saturated rings. The van der Waals surface area contributed by atoms with Gasteiger partial charge >= 0.3 is 0 Å². The molecule has 3 amide bonds. The van der Waals surface area contributed by atoms with Gasteiger partial charge in [-0.15, -0.1) is 0 Å². The van der Waals surface area contributed by atoms with E-state index in [-0.39, 0.29) is 34.9 Å². The molecule has 38 heavy (non-hydrogen) atoms. The number of hydrogen-bond donors (Lipinski definition) is 2. The van der Waals surface area contributed by atoms with Crippen molar-refractivity contribution in [3.63, 3.8) is 0 Å². The molecule has 0 bridgehead atoms. The molecule has 8 nitrogen and oxygen atoms in total. The highest BCUT2D eigenvalue weighted by Gasteiger charge is 2.38. The Hall–Kier alpha value is -3.60. The summed E-state index contributed by atoms with van der Waals surface area (Å²) in [5.74, 6) is -0.473. The maximum Gasteiger partial charge on any atom is 0.278 e. The fraction of sp³-hybridized carbons (Fsp3) is 0.179. The third-order valence-electron chi connectivity index (χ3n) is 5.61. The minimum absolute atomic E-state index is 0.213. The minimum Gasteiger partial charge on any atom is -0.497 e. The summed E-state index contributed by atoms with van der Waals surface area (Å²) in [7, 11) is 3.12. The Kier molecular flexibility index (Phi) is 9.22. The third kappa shape index (κ3) is 6.63. The van der Waals surface area contributed by atoms with Crippen molar-refractivity contribution in [1.29, 1.82) is 0 Å². The summed E-state index contributed by atoms with van der Waals surface area (Å²) in [5.41, 5.74) is 1.90. The van der Waals surface area contributed by atoms with Crippen molar-refractivity contribution in [2.45, 2.75) is 11.3 Å². The first kappa shape index (κ1) is 27.4. The van der Waals surface area contributed by atoms with E-state index in [9.17, 15) is 14.4 Å². The molecule has 2 N–H and O–H groups in total. The number of halogens is 1. The molecule has 3 aromatic rings. The number of benzene rings is 3. The van der Waals surface area contributed by atoms with E-state index < -0.39 is 0 Å². The zero-order valence-corrected chi connectivity index (χ0v) is 23.2. The van der Waals surface area contributed by atoms with Gasteiger partial charge in [-0.2, -0.15) is 0 Å². The Labute approximate surface area is 233 Å². The fourth-order valence-electron chi connectivity index (χ4n) is 3.73. The standard InChI is InChI=1S/C28H26BrN3O5S/c1-36-15-5-14-32-27(34)24(30-20-12-10-19(29)11-13-20)25(28(32)35)38-23-9-4-7-21(17-23)31-26(33)18-6-3-8-22(16-18)37-2/h3-4,6-13,16-17,30H,5,14-15H2,1-2H3,(H,31,33). The first-order valence-corrected chi connectivity index (χ1v) is 13.4. The van der Waals surface area contributed by atoms with Gasteiger partial charge in [-0.1, -0.05) is 39.8 Å². The summed E-state index contributed by atoms with van der Waals surface area (Å²) in [5, 5.41) is 6.01. The second kappa shape index (κ2) is 12.8. The molecule has 0 aromatic heterocycles. The number of carbonyl (C=O) groups is 3. The Morgan fingerprint density at radius 1 is 0.947 bits per heavy atom. The number of amides is 3. The summed E-state index contributed by atoms with van der Waals surface area (Å²) < 4.78 is 11.2. The van der Waals surface area contributed by atoms with Crippen molar-refractivity contribution in [2.24, 2.45) is 0 Å². The first-order valence-electron chi connectivity index (χ1n) is 11.7. The molecule has 4 rings (SSSR count). The quantitative estimate of drug-likeness (QED) is 0.222. The number of nitrogens with zero attached hydrogens (tertiary/aromatic N) is 1. The normalized spacial score (nSPS) is 13.2. The molecule has 196 valence electrons. The molecule has 1 aliphatic rings. The van der Waals surface area contributed by atoms with Gasteiger partial charge in [0.1, 0.15) is 16.4 Å². The molecule has 0 saturated carbocycles. The zero-order chi connectivity index (χ0) is 27.1. The van der Waals surface area contributed by atoms with E-state index in [1.54, 1.807) is 56.7 Å². The monoisotopic (exact) mass is 595 g/mol. The van der Waals surface area contributed by atoms with Gasteiger partial charge in [-0.05, 0) is 67.1 Å². The van der Waals surface area contributed by atoms with Crippen molar-refractivity contribution < 1.29 is 23.9 Å². The number of rotatable bonds is 11. The van der Waals surface area contributed by atoms with E-state index in [0.29, 0.717) is 40.6 Å². The van der Waals surface area contributed by atoms with Crippen molar-refractivity contribution in [3.8, 4) is 5.75 Å². The molecule has 0 radical (unpaired) electrons. The van der Waals surface area contributed by atoms with Gasteiger partial charge in [0.25, 0.3) is 17.7 Å². The van der Waals surface area contributed by atoms with Crippen LogP contribution in [0.4, 0.5) is 11.4 Å². The van der Waals surface area contributed by atoms with E-state index in [2.05, 4.69) is 26.6 Å². The topological polar surface area (TPSA) is 97.0 Å². The third-order valence-corrected chi connectivity index (χ3v) is 7.21. The molecule has 3 aromatic carbocycles. The van der Waals surface area contributed by atoms with Crippen LogP contribution < -0.4 is 15.4 Å². The highest BCUT2D eigenvalue weighted by Crippen LogP contribution is 2.37. The molecule has 10 heteroatoms. The van der Waals surface area contributed by atoms with Gasteiger partial charge in [0.2, 0.25) is 0 Å². The molecule has 0 spiro atoms. The predicted octanol–water partition coefficient (Wildman–Crippen LogP) is 5.53. The molecule has 1 aliphatic heterocycles. The number of imide groups is 1. The molecule has 0 unspecified atom stereocenters. The molecule has 0 aliphatic carbocycles. The average Bonchev–Trinajstić information content (AvgIpc) is 3.14. The number of methoxy groups -OCH3 is 2. The maximum absolute atomic E-state index is 13.3. The van der Waals surface area contributed by atoms with Gasteiger partial charge in [0, 0.05) is 46.6 Å². The summed E-state index contributed by atoms with van der Waals surface area (Å²) in [6.07, 6.45) is 0.531. The zero-order valence-electron chi connectivity index (χ0n) is 20.8. The number of anilines is 2. The number of carbonyl (C=O) groups excluding carboxylic acids is 3. The van der Waals surface area contributed by atoms with Crippen LogP contribution in [0.5, 0.6) is 5.75 Å². The van der Waals surface area contributed by atoms with Crippen LogP contribution in [-0.2, 0) is 14.3 Å². The van der Waals surface area contributed by atoms with Crippen LogP contribution in [0.25, 0.3) is 0 Å². The van der Waals surface area contributed by atoms with Gasteiger partial charge in [-0.3, -0.25) is 19.3 Å². The lowest BCUT2D eigenvalue weighted by atomic mass is 10.2. The Bertz CT molecular complexity index is 1380. The number of thioether (sulfide) groups is 1. The lowest BCUT2D eigenvalue weighted by molar-refractivity contribution is -0.137. The maximum atomic E-state index is 13.3. The van der Waals surface area contributed by atoms with Crippen molar-refractivity contribution in [3.05, 3.63) is 93.4 Å². The van der Waals surface area contributed by atoms with Gasteiger partial charge in [0.05, 0.1) is 7.11 Å². The van der Waals surface area contributed by atoms with E-state index in [1.807, 2.05) is 30.3 Å². The Morgan fingerprint density at radius 3 is 2.45 bits per heavy atom. The summed E-state index contributed by atoms with van der Waals surface area (Å²) >= 11 is 4.58. The van der Waals surface area contributed by atoms with Crippen LogP contribution in [0.15, 0.2) is 92.8 Å². The average molecular weight is 597 g/mol. The summed E-state index contributed by atoms with van der Waals surface area (Å²) in [4.78, 5) is 41.6. The van der Waals surface area contributed by atoms with Crippen molar-refractivity contribution >= 4 is 56.8 Å². The van der Waals surface area contributed by atoms with E-state index >= 15 is 0 Å². The Morgan fingerprint density at radius 2 is 1.71 bits per heavy atom. The van der Waals surface area contributed by atoms with Crippen LogP contribution in [0.2, 0.25) is 0 Å². The highest BCUT2D eigenvalue weighted by molar-refractivity contribution is 9.10. The van der Waals surface area contributed by atoms with Gasteiger partial charge < -0.3 is 20.1 Å². The fourth-order valence-corrected chi connectivity index (χ4v) is 5.00. The molecule has 0 atom stereocenters. The number of ether oxygens (including phenoxy) is 2. The molecular weight excluding hydrogens is 570 g/mol. The summed E-state index contributed by atoms with van der Waals surface area (Å²) in [6, 6.07) is 21.3. The SMILES string of the molecule is COCCCN1C(=O)C(Nc2ccc(Br)cc2)=C(Sc2cccc(NC(=O)c3cccc(OC)c3)c2)C1=O. The summed E-state index contributed by atoms with van der Waals surface area (Å²) in [6.45, 7) is 0.682. The van der Waals surface area contributed by atoms with Crippen molar-refractivity contribution in [1.82, 2.24) is 4.90 Å². The van der Waals surface area contributed by atoms with Crippen LogP contribution in [0.3, 0.4) is 0 Å². The van der Waals surface area contributed by atoms with Crippen LogP contribution >= 0.6 is 27.7 Å². The molecule has 1 heterocycles. The lowest BCUT2D eigenvalue weighted by Gasteiger charge is -2.14.